The molecule has 2 amide bonds. The number of ether oxygens (including phenoxy) is 1. The minimum absolute atomic E-state index is 0.317. The molecule has 0 bridgehead atoms. The number of hydrogen-bond acceptors (Lipinski definition) is 3. The number of amides is 2. The lowest BCUT2D eigenvalue weighted by Gasteiger charge is -2.23. The second kappa shape index (κ2) is 8.43. The maximum Gasteiger partial charge on any atom is 0.239 e. The highest BCUT2D eigenvalue weighted by Crippen LogP contribution is 2.29. The van der Waals surface area contributed by atoms with Crippen molar-refractivity contribution in [1.29, 1.82) is 0 Å². The van der Waals surface area contributed by atoms with Gasteiger partial charge in [0.05, 0.1) is 22.3 Å². The minimum Gasteiger partial charge on any atom is -0.492 e. The average molecular weight is 395 g/mol. The lowest BCUT2D eigenvalue weighted by atomic mass is 9.90. The van der Waals surface area contributed by atoms with Crippen LogP contribution in [-0.4, -0.2) is 18.4 Å². The van der Waals surface area contributed by atoms with Crippen LogP contribution in [0, 0.1) is 5.41 Å². The van der Waals surface area contributed by atoms with Gasteiger partial charge in [0.1, 0.15) is 11.2 Å². The molecule has 0 saturated heterocycles. The van der Waals surface area contributed by atoms with E-state index in [1.165, 1.54) is 6.07 Å². The molecule has 0 radical (unpaired) electrons. The summed E-state index contributed by atoms with van der Waals surface area (Å²) in [6, 6.07) is 11.8. The van der Waals surface area contributed by atoms with Crippen LogP contribution in [0.25, 0.3) is 0 Å². The molecule has 0 fully saturated rings. The minimum atomic E-state index is -1.33. The number of hydrogen-bond donors (Lipinski definition) is 2. The summed E-state index contributed by atoms with van der Waals surface area (Å²) in [5.41, 5.74) is -0.361. The van der Waals surface area contributed by atoms with Crippen LogP contribution in [0.3, 0.4) is 0 Å². The van der Waals surface area contributed by atoms with E-state index < -0.39 is 17.2 Å². The van der Waals surface area contributed by atoms with E-state index in [0.29, 0.717) is 33.8 Å². The van der Waals surface area contributed by atoms with E-state index in [-0.39, 0.29) is 0 Å². The van der Waals surface area contributed by atoms with Crippen molar-refractivity contribution in [2.24, 2.45) is 5.41 Å². The van der Waals surface area contributed by atoms with Crippen LogP contribution in [0.1, 0.15) is 20.8 Å². The van der Waals surface area contributed by atoms with Gasteiger partial charge in [-0.3, -0.25) is 9.59 Å². The summed E-state index contributed by atoms with van der Waals surface area (Å²) >= 11 is 11.8. The third kappa shape index (κ3) is 4.68. The normalized spacial score (nSPS) is 11.0. The van der Waals surface area contributed by atoms with E-state index in [2.05, 4.69) is 10.6 Å². The number of rotatable bonds is 6. The summed E-state index contributed by atoms with van der Waals surface area (Å²) in [5.74, 6) is -0.381. The highest BCUT2D eigenvalue weighted by molar-refractivity contribution is 6.42. The van der Waals surface area contributed by atoms with Crippen LogP contribution in [0.15, 0.2) is 42.5 Å². The molecule has 7 heteroatoms. The number of halogens is 2. The van der Waals surface area contributed by atoms with Crippen molar-refractivity contribution in [1.82, 2.24) is 0 Å². The zero-order valence-electron chi connectivity index (χ0n) is 14.7. The lowest BCUT2D eigenvalue weighted by molar-refractivity contribution is -0.135. The van der Waals surface area contributed by atoms with Gasteiger partial charge in [-0.2, -0.15) is 0 Å². The van der Waals surface area contributed by atoms with E-state index in [0.717, 1.165) is 0 Å². The van der Waals surface area contributed by atoms with Crippen LogP contribution in [0.2, 0.25) is 10.0 Å². The lowest BCUT2D eigenvalue weighted by Crippen LogP contribution is -2.41. The van der Waals surface area contributed by atoms with Gasteiger partial charge < -0.3 is 15.4 Å². The maximum absolute atomic E-state index is 12.7. The first-order valence-electron chi connectivity index (χ1n) is 8.05. The van der Waals surface area contributed by atoms with Crippen LogP contribution in [0.5, 0.6) is 5.75 Å². The molecule has 0 spiro atoms. The Labute approximate surface area is 162 Å². The van der Waals surface area contributed by atoms with E-state index >= 15 is 0 Å². The van der Waals surface area contributed by atoms with E-state index in [4.69, 9.17) is 27.9 Å². The quantitative estimate of drug-likeness (QED) is 0.677. The summed E-state index contributed by atoms with van der Waals surface area (Å²) in [6.45, 7) is 5.40. The molecule has 138 valence electrons. The van der Waals surface area contributed by atoms with Gasteiger partial charge in [-0.25, -0.2) is 0 Å². The summed E-state index contributed by atoms with van der Waals surface area (Å²) < 4.78 is 5.49. The van der Waals surface area contributed by atoms with E-state index in [9.17, 15) is 9.59 Å². The third-order valence-electron chi connectivity index (χ3n) is 3.75. The fourth-order valence-corrected chi connectivity index (χ4v) is 2.39. The van der Waals surface area contributed by atoms with Crippen molar-refractivity contribution in [3.63, 3.8) is 0 Å². The molecule has 0 atom stereocenters. The van der Waals surface area contributed by atoms with Crippen LogP contribution in [0.4, 0.5) is 11.4 Å². The fraction of sp³-hybridized carbons (Fsp3) is 0.263. The first-order valence-corrected chi connectivity index (χ1v) is 8.81. The van der Waals surface area contributed by atoms with Gasteiger partial charge in [0.2, 0.25) is 11.8 Å². The molecule has 2 N–H and O–H groups in total. The van der Waals surface area contributed by atoms with Gasteiger partial charge in [-0.05, 0) is 51.1 Å². The van der Waals surface area contributed by atoms with Gasteiger partial charge in [0.25, 0.3) is 0 Å². The standard InChI is InChI=1S/C19H20Cl2N2O3/c1-4-26-16-8-6-5-7-15(16)23-18(25)19(2,3)17(24)22-12-9-10-13(20)14(21)11-12/h5-11H,4H2,1-3H3,(H,22,24)(H,23,25). The van der Waals surface area contributed by atoms with Crippen LogP contribution >= 0.6 is 23.2 Å². The molecule has 2 aromatic rings. The van der Waals surface area contributed by atoms with E-state index in [1.807, 2.05) is 13.0 Å². The maximum atomic E-state index is 12.7. The second-order valence-corrected chi connectivity index (χ2v) is 6.91. The monoisotopic (exact) mass is 394 g/mol. The van der Waals surface area contributed by atoms with Crippen molar-refractivity contribution < 1.29 is 14.3 Å². The van der Waals surface area contributed by atoms with Gasteiger partial charge in [0.15, 0.2) is 0 Å². The van der Waals surface area contributed by atoms with Crippen molar-refractivity contribution in [2.45, 2.75) is 20.8 Å². The van der Waals surface area contributed by atoms with Gasteiger partial charge in [0, 0.05) is 5.69 Å². The molecular formula is C19H20Cl2N2O3. The SMILES string of the molecule is CCOc1ccccc1NC(=O)C(C)(C)C(=O)Nc1ccc(Cl)c(Cl)c1. The Morgan fingerprint density at radius 2 is 1.65 bits per heavy atom. The Kier molecular flexibility index (Phi) is 6.51. The van der Waals surface area contributed by atoms with Crippen LogP contribution < -0.4 is 15.4 Å². The highest BCUT2D eigenvalue weighted by atomic mass is 35.5. The molecule has 0 aliphatic rings. The molecule has 5 nitrogen and oxygen atoms in total. The van der Waals surface area contributed by atoms with Crippen molar-refractivity contribution >= 4 is 46.4 Å². The average Bonchev–Trinajstić information content (AvgIpc) is 2.60. The molecule has 0 aliphatic carbocycles. The summed E-state index contributed by atoms with van der Waals surface area (Å²) in [4.78, 5) is 25.3. The Morgan fingerprint density at radius 3 is 2.31 bits per heavy atom. The molecule has 0 aromatic heterocycles. The van der Waals surface area contributed by atoms with Gasteiger partial charge in [-0.1, -0.05) is 35.3 Å². The Balaban J connectivity index is 2.13. The van der Waals surface area contributed by atoms with Crippen molar-refractivity contribution in [3.8, 4) is 5.75 Å². The largest absolute Gasteiger partial charge is 0.492 e. The zero-order valence-corrected chi connectivity index (χ0v) is 16.2. The zero-order chi connectivity index (χ0) is 19.3. The molecule has 2 aromatic carbocycles. The van der Waals surface area contributed by atoms with Crippen molar-refractivity contribution in [3.05, 3.63) is 52.5 Å². The van der Waals surface area contributed by atoms with Crippen LogP contribution in [-0.2, 0) is 9.59 Å². The number of nitrogens with one attached hydrogen (secondary N) is 2. The van der Waals surface area contributed by atoms with Gasteiger partial charge in [-0.15, -0.1) is 0 Å². The summed E-state index contributed by atoms with van der Waals surface area (Å²) in [7, 11) is 0. The molecule has 0 saturated carbocycles. The number of benzene rings is 2. The fourth-order valence-electron chi connectivity index (χ4n) is 2.09. The predicted octanol–water partition coefficient (Wildman–Crippen LogP) is 5.00. The first kappa shape index (κ1) is 20.1. The highest BCUT2D eigenvalue weighted by Gasteiger charge is 2.36. The number of carbonyl (C=O) groups excluding carboxylic acids is 2. The van der Waals surface area contributed by atoms with Crippen molar-refractivity contribution in [2.75, 3.05) is 17.2 Å². The topological polar surface area (TPSA) is 67.4 Å². The third-order valence-corrected chi connectivity index (χ3v) is 4.49. The molecule has 0 aliphatic heterocycles. The number of para-hydroxylation sites is 2. The molecule has 26 heavy (non-hydrogen) atoms. The predicted molar refractivity (Wildman–Crippen MR) is 105 cm³/mol. The molecule has 2 rings (SSSR count). The molecule has 0 unspecified atom stereocenters. The molecular weight excluding hydrogens is 375 g/mol. The Morgan fingerprint density at radius 1 is 1.00 bits per heavy atom. The van der Waals surface area contributed by atoms with E-state index in [1.54, 1.807) is 44.2 Å². The second-order valence-electron chi connectivity index (χ2n) is 6.09. The Hall–Kier alpha value is -2.24. The summed E-state index contributed by atoms with van der Waals surface area (Å²) in [5, 5.41) is 6.13. The smallest absolute Gasteiger partial charge is 0.239 e. The molecule has 0 heterocycles. The summed E-state index contributed by atoms with van der Waals surface area (Å²) in [6.07, 6.45) is 0. The number of carbonyl (C=O) groups is 2. The first-order chi connectivity index (χ1) is 12.3. The Bertz CT molecular complexity index is 822. The van der Waals surface area contributed by atoms with Gasteiger partial charge >= 0.3 is 0 Å². The number of anilines is 2.